The molecule has 0 aliphatic heterocycles. The van der Waals surface area contributed by atoms with Crippen molar-refractivity contribution in [1.82, 2.24) is 10.6 Å². The van der Waals surface area contributed by atoms with Crippen LogP contribution in [0, 0.1) is 5.92 Å². The number of carbonyl (C=O) groups excluding carboxylic acids is 1. The molecule has 2 rings (SSSR count). The smallest absolute Gasteiger partial charge is 0.234 e. The zero-order chi connectivity index (χ0) is 14.2. The van der Waals surface area contributed by atoms with Gasteiger partial charge < -0.3 is 10.6 Å². The lowest BCUT2D eigenvalue weighted by molar-refractivity contribution is -0.121. The van der Waals surface area contributed by atoms with Gasteiger partial charge in [-0.15, -0.1) is 0 Å². The number of rotatable bonds is 5. The molecule has 0 unspecified atom stereocenters. The number of carbonyl (C=O) groups is 1. The van der Waals surface area contributed by atoms with Crippen molar-refractivity contribution in [3.8, 4) is 0 Å². The summed E-state index contributed by atoms with van der Waals surface area (Å²) in [7, 11) is 0. The summed E-state index contributed by atoms with van der Waals surface area (Å²) < 4.78 is 0. The SMILES string of the molecule is C[C@H](NCC(=O)NC1CCCCC1)C1CCCCCC1. The molecule has 0 radical (unpaired) electrons. The fraction of sp³-hybridized carbons (Fsp3) is 0.941. The summed E-state index contributed by atoms with van der Waals surface area (Å²) in [6.07, 6.45) is 14.4. The van der Waals surface area contributed by atoms with E-state index in [1.54, 1.807) is 0 Å². The van der Waals surface area contributed by atoms with Crippen molar-refractivity contribution in [1.29, 1.82) is 0 Å². The molecule has 20 heavy (non-hydrogen) atoms. The van der Waals surface area contributed by atoms with Crippen LogP contribution in [-0.4, -0.2) is 24.5 Å². The second kappa shape index (κ2) is 8.66. The Labute approximate surface area is 124 Å². The fourth-order valence-corrected chi connectivity index (χ4v) is 3.76. The van der Waals surface area contributed by atoms with E-state index in [4.69, 9.17) is 0 Å². The topological polar surface area (TPSA) is 41.1 Å². The molecule has 1 amide bonds. The molecule has 1 atom stereocenters. The molecule has 0 aromatic rings. The molecule has 0 saturated heterocycles. The lowest BCUT2D eigenvalue weighted by Gasteiger charge is -2.25. The standard InChI is InChI=1S/C17H32N2O/c1-14(15-9-5-2-3-6-10-15)18-13-17(20)19-16-11-7-4-8-12-16/h14-16,18H,2-13H2,1H3,(H,19,20)/t14-/m0/s1. The van der Waals surface area contributed by atoms with Crippen LogP contribution in [-0.2, 0) is 4.79 Å². The van der Waals surface area contributed by atoms with E-state index in [1.807, 2.05) is 0 Å². The fourth-order valence-electron chi connectivity index (χ4n) is 3.76. The Hall–Kier alpha value is -0.570. The van der Waals surface area contributed by atoms with Crippen LogP contribution in [0.3, 0.4) is 0 Å². The van der Waals surface area contributed by atoms with Crippen molar-refractivity contribution in [2.75, 3.05) is 6.54 Å². The molecule has 2 N–H and O–H groups in total. The summed E-state index contributed by atoms with van der Waals surface area (Å²) >= 11 is 0. The molecule has 0 aromatic carbocycles. The number of hydrogen-bond acceptors (Lipinski definition) is 2. The first-order valence-electron chi connectivity index (χ1n) is 8.78. The molecule has 0 spiro atoms. The van der Waals surface area contributed by atoms with E-state index in [0.29, 0.717) is 18.6 Å². The third-order valence-corrected chi connectivity index (χ3v) is 5.16. The van der Waals surface area contributed by atoms with Gasteiger partial charge in [0.25, 0.3) is 0 Å². The van der Waals surface area contributed by atoms with Gasteiger partial charge in [-0.3, -0.25) is 4.79 Å². The van der Waals surface area contributed by atoms with E-state index in [1.165, 1.54) is 70.6 Å². The predicted octanol–water partition coefficient (Wildman–Crippen LogP) is 3.38. The van der Waals surface area contributed by atoms with Gasteiger partial charge in [0.2, 0.25) is 5.91 Å². The number of hydrogen-bond donors (Lipinski definition) is 2. The molecular weight excluding hydrogens is 248 g/mol. The normalized spacial score (nSPS) is 24.1. The van der Waals surface area contributed by atoms with Crippen LogP contribution in [0.4, 0.5) is 0 Å². The van der Waals surface area contributed by atoms with Gasteiger partial charge in [0.1, 0.15) is 0 Å². The average Bonchev–Trinajstić information content (AvgIpc) is 2.75. The van der Waals surface area contributed by atoms with Crippen molar-refractivity contribution in [2.45, 2.75) is 89.6 Å². The average molecular weight is 280 g/mol. The quantitative estimate of drug-likeness (QED) is 0.758. The van der Waals surface area contributed by atoms with Gasteiger partial charge in [-0.05, 0) is 38.5 Å². The molecule has 116 valence electrons. The molecule has 3 nitrogen and oxygen atoms in total. The molecule has 0 heterocycles. The lowest BCUT2D eigenvalue weighted by Crippen LogP contribution is -2.44. The molecule has 2 fully saturated rings. The number of amides is 1. The summed E-state index contributed by atoms with van der Waals surface area (Å²) in [4.78, 5) is 12.0. The summed E-state index contributed by atoms with van der Waals surface area (Å²) in [6.45, 7) is 2.75. The largest absolute Gasteiger partial charge is 0.352 e. The van der Waals surface area contributed by atoms with E-state index < -0.39 is 0 Å². The van der Waals surface area contributed by atoms with Gasteiger partial charge in [0, 0.05) is 12.1 Å². The maximum atomic E-state index is 12.0. The van der Waals surface area contributed by atoms with Gasteiger partial charge >= 0.3 is 0 Å². The van der Waals surface area contributed by atoms with E-state index in [9.17, 15) is 4.79 Å². The van der Waals surface area contributed by atoms with Gasteiger partial charge in [0.15, 0.2) is 0 Å². The third-order valence-electron chi connectivity index (χ3n) is 5.16. The van der Waals surface area contributed by atoms with Crippen LogP contribution in [0.5, 0.6) is 0 Å². The first kappa shape index (κ1) is 15.8. The maximum Gasteiger partial charge on any atom is 0.234 e. The molecular formula is C17H32N2O. The Morgan fingerprint density at radius 1 is 0.950 bits per heavy atom. The minimum Gasteiger partial charge on any atom is -0.352 e. The predicted molar refractivity (Wildman–Crippen MR) is 83.7 cm³/mol. The van der Waals surface area contributed by atoms with Crippen molar-refractivity contribution in [3.63, 3.8) is 0 Å². The van der Waals surface area contributed by atoms with Crippen LogP contribution in [0.25, 0.3) is 0 Å². The Morgan fingerprint density at radius 2 is 1.50 bits per heavy atom. The Bertz CT molecular complexity index is 279. The zero-order valence-corrected chi connectivity index (χ0v) is 13.1. The van der Waals surface area contributed by atoms with Gasteiger partial charge in [-0.1, -0.05) is 44.9 Å². The number of nitrogens with one attached hydrogen (secondary N) is 2. The monoisotopic (exact) mass is 280 g/mol. The van der Waals surface area contributed by atoms with Crippen LogP contribution < -0.4 is 10.6 Å². The molecule has 0 bridgehead atoms. The van der Waals surface area contributed by atoms with E-state index in [2.05, 4.69) is 17.6 Å². The Balaban J connectivity index is 1.63. The summed E-state index contributed by atoms with van der Waals surface area (Å²) in [5.41, 5.74) is 0. The highest BCUT2D eigenvalue weighted by molar-refractivity contribution is 5.78. The van der Waals surface area contributed by atoms with Gasteiger partial charge in [-0.2, -0.15) is 0 Å². The van der Waals surface area contributed by atoms with E-state index in [0.717, 1.165) is 5.92 Å². The lowest BCUT2D eigenvalue weighted by atomic mass is 9.93. The highest BCUT2D eigenvalue weighted by Crippen LogP contribution is 2.25. The first-order chi connectivity index (χ1) is 9.75. The summed E-state index contributed by atoms with van der Waals surface area (Å²) in [6, 6.07) is 0.913. The van der Waals surface area contributed by atoms with Crippen LogP contribution >= 0.6 is 0 Å². The molecule has 2 aliphatic carbocycles. The second-order valence-electron chi connectivity index (χ2n) is 6.82. The highest BCUT2D eigenvalue weighted by atomic mass is 16.1. The third kappa shape index (κ3) is 5.43. The Morgan fingerprint density at radius 3 is 2.15 bits per heavy atom. The van der Waals surface area contributed by atoms with Crippen LogP contribution in [0.15, 0.2) is 0 Å². The minimum atomic E-state index is 0.192. The van der Waals surface area contributed by atoms with Crippen molar-refractivity contribution >= 4 is 5.91 Å². The van der Waals surface area contributed by atoms with Crippen molar-refractivity contribution in [2.24, 2.45) is 5.92 Å². The van der Waals surface area contributed by atoms with E-state index in [-0.39, 0.29) is 5.91 Å². The van der Waals surface area contributed by atoms with E-state index >= 15 is 0 Å². The minimum absolute atomic E-state index is 0.192. The first-order valence-corrected chi connectivity index (χ1v) is 8.78. The van der Waals surface area contributed by atoms with Crippen molar-refractivity contribution in [3.05, 3.63) is 0 Å². The zero-order valence-electron chi connectivity index (χ0n) is 13.1. The van der Waals surface area contributed by atoms with Crippen LogP contribution in [0.2, 0.25) is 0 Å². The summed E-state index contributed by atoms with van der Waals surface area (Å²) in [5.74, 6) is 0.956. The highest BCUT2D eigenvalue weighted by Gasteiger charge is 2.20. The van der Waals surface area contributed by atoms with Gasteiger partial charge in [-0.25, -0.2) is 0 Å². The maximum absolute atomic E-state index is 12.0. The Kier molecular flexibility index (Phi) is 6.85. The second-order valence-corrected chi connectivity index (χ2v) is 6.82. The summed E-state index contributed by atoms with van der Waals surface area (Å²) in [5, 5.41) is 6.65. The molecule has 3 heteroatoms. The molecule has 2 aliphatic rings. The van der Waals surface area contributed by atoms with Gasteiger partial charge in [0.05, 0.1) is 6.54 Å². The molecule has 0 aromatic heterocycles. The molecule has 2 saturated carbocycles. The van der Waals surface area contributed by atoms with Crippen molar-refractivity contribution < 1.29 is 4.79 Å². The van der Waals surface area contributed by atoms with Crippen LogP contribution in [0.1, 0.15) is 77.6 Å².